The summed E-state index contributed by atoms with van der Waals surface area (Å²) in [5.74, 6) is 0.482. The number of pyridine rings is 1. The summed E-state index contributed by atoms with van der Waals surface area (Å²) in [6.45, 7) is 2.15. The molecule has 3 aromatic rings. The van der Waals surface area contributed by atoms with Gasteiger partial charge >= 0.3 is 12.2 Å². The largest absolute Gasteiger partial charge is 0.492 e. The fourth-order valence-corrected chi connectivity index (χ4v) is 2.93. The highest BCUT2D eigenvalue weighted by Crippen LogP contribution is 2.29. The van der Waals surface area contributed by atoms with Gasteiger partial charge in [0.2, 0.25) is 0 Å². The van der Waals surface area contributed by atoms with E-state index in [9.17, 15) is 22.8 Å². The summed E-state index contributed by atoms with van der Waals surface area (Å²) < 4.78 is 45.4. The standard InChI is InChI=1S/C22H20F3N3O3/c1-2-31-19-11-4-3-9-17(19)26-21(30)27-18-10-6-12-28(20(18)29)14-15-7-5-8-16(13-15)22(23,24)25/h3-13H,2,14H2,1H3,(H2,26,27,30). The molecule has 0 saturated carbocycles. The Morgan fingerprint density at radius 3 is 2.45 bits per heavy atom. The fraction of sp³-hybridized carbons (Fsp3) is 0.182. The Morgan fingerprint density at radius 2 is 1.71 bits per heavy atom. The van der Waals surface area contributed by atoms with Gasteiger partial charge in [0.15, 0.2) is 0 Å². The molecule has 2 amide bonds. The lowest BCUT2D eigenvalue weighted by Gasteiger charge is -2.13. The number of amides is 2. The summed E-state index contributed by atoms with van der Waals surface area (Å²) in [6.07, 6.45) is -3.03. The number of alkyl halides is 3. The van der Waals surface area contributed by atoms with Crippen LogP contribution in [-0.4, -0.2) is 17.2 Å². The monoisotopic (exact) mass is 431 g/mol. The average Bonchev–Trinajstić information content (AvgIpc) is 2.72. The zero-order chi connectivity index (χ0) is 22.4. The van der Waals surface area contributed by atoms with Gasteiger partial charge in [-0.2, -0.15) is 13.2 Å². The van der Waals surface area contributed by atoms with E-state index in [1.807, 2.05) is 6.92 Å². The predicted octanol–water partition coefficient (Wildman–Crippen LogP) is 4.96. The molecular formula is C22H20F3N3O3. The molecule has 0 bridgehead atoms. The minimum absolute atomic E-state index is 0.0131. The van der Waals surface area contributed by atoms with Crippen LogP contribution in [0.15, 0.2) is 71.7 Å². The lowest BCUT2D eigenvalue weighted by molar-refractivity contribution is -0.137. The van der Waals surface area contributed by atoms with Crippen molar-refractivity contribution in [3.8, 4) is 5.75 Å². The molecule has 6 nitrogen and oxygen atoms in total. The van der Waals surface area contributed by atoms with E-state index in [-0.39, 0.29) is 12.2 Å². The smallest absolute Gasteiger partial charge is 0.416 e. The number of rotatable bonds is 6. The van der Waals surface area contributed by atoms with Gasteiger partial charge in [-0.05, 0) is 48.9 Å². The number of carbonyl (C=O) groups is 1. The van der Waals surface area contributed by atoms with Gasteiger partial charge in [-0.15, -0.1) is 0 Å². The number of para-hydroxylation sites is 2. The number of hydrogen-bond acceptors (Lipinski definition) is 3. The van der Waals surface area contributed by atoms with Gasteiger partial charge in [0.05, 0.1) is 24.4 Å². The molecule has 0 spiro atoms. The number of benzene rings is 2. The maximum absolute atomic E-state index is 12.9. The second kappa shape index (κ2) is 9.38. The molecule has 2 N–H and O–H groups in total. The first-order valence-corrected chi connectivity index (χ1v) is 9.43. The molecule has 0 saturated heterocycles. The van der Waals surface area contributed by atoms with Gasteiger partial charge in [-0.25, -0.2) is 4.79 Å². The third kappa shape index (κ3) is 5.65. The summed E-state index contributed by atoms with van der Waals surface area (Å²) in [5.41, 5.74) is -0.611. The highest BCUT2D eigenvalue weighted by molar-refractivity contribution is 6.00. The molecule has 1 aromatic heterocycles. The normalized spacial score (nSPS) is 11.1. The van der Waals surface area contributed by atoms with E-state index in [0.29, 0.717) is 23.6 Å². The zero-order valence-corrected chi connectivity index (χ0v) is 16.6. The minimum Gasteiger partial charge on any atom is -0.492 e. The van der Waals surface area contributed by atoms with E-state index in [4.69, 9.17) is 4.74 Å². The van der Waals surface area contributed by atoms with Crippen molar-refractivity contribution in [2.75, 3.05) is 17.2 Å². The van der Waals surface area contributed by atoms with Crippen LogP contribution in [0, 0.1) is 0 Å². The van der Waals surface area contributed by atoms with Gasteiger partial charge in [0.25, 0.3) is 5.56 Å². The Kier molecular flexibility index (Phi) is 6.64. The molecule has 0 atom stereocenters. The van der Waals surface area contributed by atoms with Gasteiger partial charge < -0.3 is 19.9 Å². The van der Waals surface area contributed by atoms with Crippen LogP contribution in [0.25, 0.3) is 0 Å². The molecule has 162 valence electrons. The highest BCUT2D eigenvalue weighted by atomic mass is 19.4. The molecule has 2 aromatic carbocycles. The predicted molar refractivity (Wildman–Crippen MR) is 112 cm³/mol. The Balaban J connectivity index is 1.76. The number of nitrogens with one attached hydrogen (secondary N) is 2. The maximum Gasteiger partial charge on any atom is 0.416 e. The quantitative estimate of drug-likeness (QED) is 0.580. The molecule has 9 heteroatoms. The van der Waals surface area contributed by atoms with Crippen LogP contribution in [0.3, 0.4) is 0 Å². The Bertz CT molecular complexity index is 1130. The molecule has 0 aliphatic rings. The van der Waals surface area contributed by atoms with Crippen molar-refractivity contribution in [3.05, 3.63) is 88.3 Å². The van der Waals surface area contributed by atoms with Crippen LogP contribution in [0.5, 0.6) is 5.75 Å². The zero-order valence-electron chi connectivity index (χ0n) is 16.6. The van der Waals surface area contributed by atoms with Crippen LogP contribution in [0.1, 0.15) is 18.1 Å². The number of aromatic nitrogens is 1. The highest BCUT2D eigenvalue weighted by Gasteiger charge is 2.30. The molecule has 0 fully saturated rings. The van der Waals surface area contributed by atoms with E-state index < -0.39 is 23.3 Å². The van der Waals surface area contributed by atoms with E-state index in [1.54, 1.807) is 24.3 Å². The van der Waals surface area contributed by atoms with Crippen LogP contribution in [-0.2, 0) is 12.7 Å². The number of anilines is 2. The first-order valence-electron chi connectivity index (χ1n) is 9.43. The van der Waals surface area contributed by atoms with Crippen LogP contribution >= 0.6 is 0 Å². The minimum atomic E-state index is -4.47. The third-order valence-electron chi connectivity index (χ3n) is 4.31. The number of ether oxygens (including phenoxy) is 1. The van der Waals surface area contributed by atoms with E-state index >= 15 is 0 Å². The van der Waals surface area contributed by atoms with Crippen molar-refractivity contribution < 1.29 is 22.7 Å². The molecular weight excluding hydrogens is 411 g/mol. The number of halogens is 3. The maximum atomic E-state index is 12.9. The molecule has 0 aliphatic carbocycles. The fourth-order valence-electron chi connectivity index (χ4n) is 2.93. The average molecular weight is 431 g/mol. The van der Waals surface area contributed by atoms with Gasteiger partial charge in [0.1, 0.15) is 11.4 Å². The summed E-state index contributed by atoms with van der Waals surface area (Å²) in [4.78, 5) is 25.1. The van der Waals surface area contributed by atoms with Crippen molar-refractivity contribution >= 4 is 17.4 Å². The topological polar surface area (TPSA) is 72.4 Å². The Labute approximate surface area is 176 Å². The SMILES string of the molecule is CCOc1ccccc1NC(=O)Nc1cccn(Cc2cccc(C(F)(F)F)c2)c1=O. The van der Waals surface area contributed by atoms with E-state index in [0.717, 1.165) is 12.1 Å². The molecule has 0 unspecified atom stereocenters. The van der Waals surface area contributed by atoms with Crippen LogP contribution < -0.4 is 20.9 Å². The molecule has 0 aliphatic heterocycles. The summed E-state index contributed by atoms with van der Waals surface area (Å²) in [6, 6.07) is 13.9. The lowest BCUT2D eigenvalue weighted by Crippen LogP contribution is -2.28. The first-order chi connectivity index (χ1) is 14.8. The first kappa shape index (κ1) is 21.9. The number of nitrogens with zero attached hydrogens (tertiary/aromatic N) is 1. The van der Waals surface area contributed by atoms with Gasteiger partial charge in [-0.3, -0.25) is 4.79 Å². The van der Waals surface area contributed by atoms with E-state index in [1.165, 1.54) is 35.0 Å². The number of hydrogen-bond donors (Lipinski definition) is 2. The number of urea groups is 1. The Morgan fingerprint density at radius 1 is 1.00 bits per heavy atom. The summed E-state index contributed by atoms with van der Waals surface area (Å²) in [5, 5.41) is 5.09. The van der Waals surface area contributed by atoms with Crippen molar-refractivity contribution in [3.63, 3.8) is 0 Å². The van der Waals surface area contributed by atoms with Crippen molar-refractivity contribution in [2.24, 2.45) is 0 Å². The van der Waals surface area contributed by atoms with Gasteiger partial charge in [-0.1, -0.05) is 24.3 Å². The second-order valence-corrected chi connectivity index (χ2v) is 6.56. The molecule has 1 heterocycles. The molecule has 3 rings (SSSR count). The Hall–Kier alpha value is -3.75. The van der Waals surface area contributed by atoms with Crippen LogP contribution in [0.2, 0.25) is 0 Å². The van der Waals surface area contributed by atoms with Crippen molar-refractivity contribution in [2.45, 2.75) is 19.6 Å². The third-order valence-corrected chi connectivity index (χ3v) is 4.31. The van der Waals surface area contributed by atoms with E-state index in [2.05, 4.69) is 10.6 Å². The van der Waals surface area contributed by atoms with Crippen LogP contribution in [0.4, 0.5) is 29.3 Å². The number of carbonyl (C=O) groups excluding carboxylic acids is 1. The van der Waals surface area contributed by atoms with Gasteiger partial charge in [0, 0.05) is 6.20 Å². The molecule has 0 radical (unpaired) electrons. The van der Waals surface area contributed by atoms with Crippen molar-refractivity contribution in [1.82, 2.24) is 4.57 Å². The summed E-state index contributed by atoms with van der Waals surface area (Å²) >= 11 is 0. The van der Waals surface area contributed by atoms with Crippen molar-refractivity contribution in [1.29, 1.82) is 0 Å². The second-order valence-electron chi connectivity index (χ2n) is 6.56. The molecule has 31 heavy (non-hydrogen) atoms. The summed E-state index contributed by atoms with van der Waals surface area (Å²) in [7, 11) is 0. The lowest BCUT2D eigenvalue weighted by atomic mass is 10.1.